The smallest absolute Gasteiger partial charge is 0.307 e. The predicted octanol–water partition coefficient (Wildman–Crippen LogP) is -0.336. The standard InChI is InChI=1S/C6H9NO2/c8-6-3-4-5(9-6)1-2-7-4/h4-5,7H,1-3H2/t4-,5-/m1/s1/i2D2. The zero-order chi connectivity index (χ0) is 8.06. The molecular formula is C6H9NO2. The summed E-state index contributed by atoms with van der Waals surface area (Å²) < 4.78 is 19.5. The number of carbonyl (C=O) groups is 1. The average Bonchev–Trinajstić information content (AvgIpc) is 2.17. The fourth-order valence-electron chi connectivity index (χ4n) is 1.23. The Morgan fingerprint density at radius 2 is 2.78 bits per heavy atom. The van der Waals surface area contributed by atoms with Crippen molar-refractivity contribution < 1.29 is 12.3 Å². The number of hydrogen-bond donors (Lipinski definition) is 1. The van der Waals surface area contributed by atoms with Gasteiger partial charge in [0.15, 0.2) is 0 Å². The molecule has 0 aliphatic carbocycles. The second-order valence-corrected chi connectivity index (χ2v) is 2.36. The number of ether oxygens (including phenoxy) is 1. The van der Waals surface area contributed by atoms with E-state index in [0.717, 1.165) is 0 Å². The summed E-state index contributed by atoms with van der Waals surface area (Å²) in [5.41, 5.74) is 0. The Morgan fingerprint density at radius 3 is 3.56 bits per heavy atom. The predicted molar refractivity (Wildman–Crippen MR) is 30.9 cm³/mol. The largest absolute Gasteiger partial charge is 0.461 e. The number of nitrogens with one attached hydrogen (secondary N) is 1. The van der Waals surface area contributed by atoms with Gasteiger partial charge in [-0.05, 0) is 12.9 Å². The van der Waals surface area contributed by atoms with Crippen LogP contribution in [-0.2, 0) is 9.53 Å². The van der Waals surface area contributed by atoms with Crippen LogP contribution in [0.4, 0.5) is 0 Å². The molecule has 0 unspecified atom stereocenters. The maximum atomic E-state index is 10.7. The minimum absolute atomic E-state index is 0.0995. The van der Waals surface area contributed by atoms with Gasteiger partial charge in [0.05, 0.1) is 12.5 Å². The zero-order valence-corrected chi connectivity index (χ0v) is 4.89. The van der Waals surface area contributed by atoms with Crippen LogP contribution in [0.2, 0.25) is 0 Å². The lowest BCUT2D eigenvalue weighted by Crippen LogP contribution is -2.25. The molecule has 2 atom stereocenters. The quantitative estimate of drug-likeness (QED) is 0.455. The van der Waals surface area contributed by atoms with Crippen LogP contribution in [0.15, 0.2) is 0 Å². The molecule has 0 bridgehead atoms. The topological polar surface area (TPSA) is 38.3 Å². The molecule has 50 valence electrons. The summed E-state index contributed by atoms with van der Waals surface area (Å²) in [6, 6.07) is -0.0995. The highest BCUT2D eigenvalue weighted by atomic mass is 16.6. The van der Waals surface area contributed by atoms with Crippen LogP contribution in [-0.4, -0.2) is 24.6 Å². The van der Waals surface area contributed by atoms with Crippen molar-refractivity contribution in [1.29, 1.82) is 0 Å². The fraction of sp³-hybridized carbons (Fsp3) is 0.833. The van der Waals surface area contributed by atoms with Crippen LogP contribution < -0.4 is 5.32 Å². The second-order valence-electron chi connectivity index (χ2n) is 2.36. The normalized spacial score (nSPS) is 49.6. The molecule has 0 aromatic carbocycles. The van der Waals surface area contributed by atoms with Crippen LogP contribution in [0.25, 0.3) is 0 Å². The maximum Gasteiger partial charge on any atom is 0.307 e. The Balaban J connectivity index is 2.09. The number of carbonyl (C=O) groups excluding carboxylic acids is 1. The molecule has 2 aliphatic heterocycles. The van der Waals surface area contributed by atoms with Crippen molar-refractivity contribution >= 4 is 5.97 Å². The van der Waals surface area contributed by atoms with Gasteiger partial charge in [-0.3, -0.25) is 4.79 Å². The summed E-state index contributed by atoms with van der Waals surface area (Å²) in [4.78, 5) is 10.7. The van der Waals surface area contributed by atoms with Crippen LogP contribution in [0, 0.1) is 0 Å². The monoisotopic (exact) mass is 129 g/mol. The van der Waals surface area contributed by atoms with E-state index >= 15 is 0 Å². The number of rotatable bonds is 0. The van der Waals surface area contributed by atoms with Gasteiger partial charge in [-0.15, -0.1) is 0 Å². The Hall–Kier alpha value is -0.570. The first-order valence-corrected chi connectivity index (χ1v) is 3.04. The van der Waals surface area contributed by atoms with Gasteiger partial charge in [-0.1, -0.05) is 0 Å². The van der Waals surface area contributed by atoms with E-state index in [4.69, 9.17) is 7.48 Å². The van der Waals surface area contributed by atoms with Crippen molar-refractivity contribution in [2.75, 3.05) is 6.50 Å². The number of hydrogen-bond acceptors (Lipinski definition) is 3. The highest BCUT2D eigenvalue weighted by molar-refractivity contribution is 5.73. The molecule has 3 nitrogen and oxygen atoms in total. The molecule has 2 saturated heterocycles. The van der Waals surface area contributed by atoms with Gasteiger partial charge in [-0.2, -0.15) is 0 Å². The average molecular weight is 129 g/mol. The van der Waals surface area contributed by atoms with Crippen molar-refractivity contribution in [2.45, 2.75) is 25.0 Å². The van der Waals surface area contributed by atoms with Crippen LogP contribution >= 0.6 is 0 Å². The molecule has 0 amide bonds. The van der Waals surface area contributed by atoms with E-state index in [9.17, 15) is 4.79 Å². The van der Waals surface area contributed by atoms with Gasteiger partial charge >= 0.3 is 5.97 Å². The van der Waals surface area contributed by atoms with E-state index in [0.29, 0.717) is 6.42 Å². The van der Waals surface area contributed by atoms with Crippen molar-refractivity contribution in [2.24, 2.45) is 0 Å². The first kappa shape index (κ1) is 3.56. The van der Waals surface area contributed by atoms with E-state index in [1.165, 1.54) is 0 Å². The van der Waals surface area contributed by atoms with Gasteiger partial charge in [0.2, 0.25) is 0 Å². The molecule has 3 heteroatoms. The van der Waals surface area contributed by atoms with Crippen molar-refractivity contribution in [3.05, 3.63) is 0 Å². The molecule has 0 saturated carbocycles. The molecule has 0 aromatic heterocycles. The zero-order valence-electron chi connectivity index (χ0n) is 6.89. The van der Waals surface area contributed by atoms with E-state index < -0.39 is 6.50 Å². The molecule has 0 aromatic rings. The Labute approximate surface area is 56.2 Å². The second kappa shape index (κ2) is 1.70. The molecule has 0 spiro atoms. The summed E-state index contributed by atoms with van der Waals surface area (Å²) in [7, 11) is 0. The lowest BCUT2D eigenvalue weighted by Gasteiger charge is -2.03. The Kier molecular flexibility index (Phi) is 0.674. The van der Waals surface area contributed by atoms with Crippen molar-refractivity contribution in [3.63, 3.8) is 0 Å². The Morgan fingerprint density at radius 1 is 1.89 bits per heavy atom. The molecule has 2 aliphatic rings. The highest BCUT2D eigenvalue weighted by Gasteiger charge is 2.37. The van der Waals surface area contributed by atoms with Crippen LogP contribution in [0.5, 0.6) is 0 Å². The summed E-state index contributed by atoms with van der Waals surface area (Å²) in [6.07, 6.45) is 0.352. The maximum absolute atomic E-state index is 10.7. The minimum Gasteiger partial charge on any atom is -0.461 e. The molecule has 2 heterocycles. The molecule has 1 N–H and O–H groups in total. The van der Waals surface area contributed by atoms with Crippen LogP contribution in [0.1, 0.15) is 15.6 Å². The summed E-state index contributed by atoms with van der Waals surface area (Å²) in [5.74, 6) is -0.219. The lowest BCUT2D eigenvalue weighted by molar-refractivity contribution is -0.141. The van der Waals surface area contributed by atoms with E-state index in [1.54, 1.807) is 0 Å². The molecule has 2 fully saturated rings. The van der Waals surface area contributed by atoms with Gasteiger partial charge < -0.3 is 10.1 Å². The molecule has 9 heavy (non-hydrogen) atoms. The van der Waals surface area contributed by atoms with Gasteiger partial charge in [-0.25, -0.2) is 0 Å². The fourth-order valence-corrected chi connectivity index (χ4v) is 1.23. The number of fused-ring (bicyclic) bond motifs is 1. The van der Waals surface area contributed by atoms with E-state index in [2.05, 4.69) is 5.32 Å². The number of esters is 1. The third-order valence-corrected chi connectivity index (χ3v) is 1.71. The first-order valence-electron chi connectivity index (χ1n) is 4.04. The SMILES string of the molecule is [2H]C1([2H])C[C@H]2OC(=O)C[C@H]2N1. The minimum atomic E-state index is -1.35. The lowest BCUT2D eigenvalue weighted by atomic mass is 10.2. The first-order chi connectivity index (χ1) is 5.07. The summed E-state index contributed by atoms with van der Waals surface area (Å²) in [5, 5.41) is 2.71. The van der Waals surface area contributed by atoms with Gasteiger partial charge in [0.1, 0.15) is 6.10 Å². The van der Waals surface area contributed by atoms with Crippen molar-refractivity contribution in [1.82, 2.24) is 5.32 Å². The summed E-state index contributed by atoms with van der Waals surface area (Å²) >= 11 is 0. The van der Waals surface area contributed by atoms with E-state index in [1.807, 2.05) is 0 Å². The third-order valence-electron chi connectivity index (χ3n) is 1.71. The van der Waals surface area contributed by atoms with E-state index in [-0.39, 0.29) is 24.5 Å². The van der Waals surface area contributed by atoms with Crippen LogP contribution in [0.3, 0.4) is 0 Å². The molecule has 0 radical (unpaired) electrons. The molecule has 2 rings (SSSR count). The van der Waals surface area contributed by atoms with Gasteiger partial charge in [0.25, 0.3) is 0 Å². The van der Waals surface area contributed by atoms with Gasteiger partial charge in [0, 0.05) is 2.74 Å². The Bertz CT molecular complexity index is 189. The van der Waals surface area contributed by atoms with Crippen molar-refractivity contribution in [3.8, 4) is 0 Å². The highest BCUT2D eigenvalue weighted by Crippen LogP contribution is 2.21. The molecular weight excluding hydrogens is 118 g/mol. The summed E-state index contributed by atoms with van der Waals surface area (Å²) in [6.45, 7) is -1.35. The third kappa shape index (κ3) is 0.721.